The second kappa shape index (κ2) is 8.27. The maximum absolute atomic E-state index is 12.7. The lowest BCUT2D eigenvalue weighted by Gasteiger charge is -2.35. The molecule has 0 radical (unpaired) electrons. The Morgan fingerprint density at radius 2 is 1.92 bits per heavy atom. The predicted octanol–water partition coefficient (Wildman–Crippen LogP) is 2.87. The molecule has 1 aromatic carbocycles. The minimum atomic E-state index is -0.912. The summed E-state index contributed by atoms with van der Waals surface area (Å²) in [6.45, 7) is 1.17. The Hall–Kier alpha value is -1.18. The van der Waals surface area contributed by atoms with E-state index in [9.17, 15) is 9.59 Å². The van der Waals surface area contributed by atoms with E-state index in [1.165, 1.54) is 23.5 Å². The van der Waals surface area contributed by atoms with Crippen molar-refractivity contribution in [3.63, 3.8) is 0 Å². The molecule has 24 heavy (non-hydrogen) atoms. The van der Waals surface area contributed by atoms with Crippen molar-refractivity contribution in [2.24, 2.45) is 0 Å². The quantitative estimate of drug-likeness (QED) is 0.883. The highest BCUT2D eigenvalue weighted by Crippen LogP contribution is 2.43. The zero-order valence-corrected chi connectivity index (χ0v) is 15.0. The largest absolute Gasteiger partial charge is 0.481 e. The topological polar surface area (TPSA) is 66.8 Å². The number of thioether (sulfide) groups is 2. The van der Waals surface area contributed by atoms with Crippen molar-refractivity contribution in [2.75, 3.05) is 31.3 Å². The summed E-state index contributed by atoms with van der Waals surface area (Å²) in [4.78, 5) is 25.4. The summed E-state index contributed by atoms with van der Waals surface area (Å²) in [6, 6.07) is 7.38. The third-order valence-electron chi connectivity index (χ3n) is 4.16. The van der Waals surface area contributed by atoms with Crippen LogP contribution in [0.15, 0.2) is 24.3 Å². The van der Waals surface area contributed by atoms with Crippen molar-refractivity contribution in [3.05, 3.63) is 35.4 Å². The number of carboxylic acid groups (broad SMARTS) is 1. The van der Waals surface area contributed by atoms with Crippen LogP contribution in [0.2, 0.25) is 0 Å². The number of hydrogen-bond acceptors (Lipinski definition) is 5. The van der Waals surface area contributed by atoms with Crippen LogP contribution in [0.3, 0.4) is 0 Å². The Balaban J connectivity index is 1.70. The highest BCUT2D eigenvalue weighted by molar-refractivity contribution is 8.16. The molecule has 2 heterocycles. The van der Waals surface area contributed by atoms with Gasteiger partial charge >= 0.3 is 5.97 Å². The molecule has 130 valence electrons. The summed E-state index contributed by atoms with van der Waals surface area (Å²) in [6.07, 6.45) is 1.17. The average Bonchev–Trinajstić information content (AvgIpc) is 2.62. The molecule has 2 aliphatic heterocycles. The van der Waals surface area contributed by atoms with Gasteiger partial charge in [-0.3, -0.25) is 9.59 Å². The van der Waals surface area contributed by atoms with Gasteiger partial charge in [-0.25, -0.2) is 0 Å². The highest BCUT2D eigenvalue weighted by Gasteiger charge is 2.30. The number of ether oxygens (including phenoxy) is 1. The second-order valence-corrected chi connectivity index (χ2v) is 8.60. The molecule has 2 fully saturated rings. The van der Waals surface area contributed by atoms with Crippen LogP contribution in [-0.4, -0.2) is 59.2 Å². The monoisotopic (exact) mass is 367 g/mol. The zero-order valence-electron chi connectivity index (χ0n) is 13.3. The van der Waals surface area contributed by atoms with Gasteiger partial charge in [-0.2, -0.15) is 0 Å². The molecular formula is C17H21NO4S2. The van der Waals surface area contributed by atoms with Crippen LogP contribution in [0, 0.1) is 0 Å². The van der Waals surface area contributed by atoms with Gasteiger partial charge in [0.1, 0.15) is 0 Å². The number of benzene rings is 1. The normalized spacial score (nSPS) is 22.3. The Bertz CT molecular complexity index is 587. The maximum atomic E-state index is 12.7. The van der Waals surface area contributed by atoms with Crippen LogP contribution in [0.5, 0.6) is 0 Å². The first-order chi connectivity index (χ1) is 11.6. The average molecular weight is 367 g/mol. The van der Waals surface area contributed by atoms with Gasteiger partial charge in [-0.15, -0.1) is 23.5 Å². The number of rotatable bonds is 4. The van der Waals surface area contributed by atoms with Gasteiger partial charge in [0.25, 0.3) is 5.91 Å². The van der Waals surface area contributed by atoms with E-state index in [4.69, 9.17) is 9.84 Å². The summed E-state index contributed by atoms with van der Waals surface area (Å²) in [5, 5.41) is 9.02. The fourth-order valence-corrected chi connectivity index (χ4v) is 5.82. The first-order valence-electron chi connectivity index (χ1n) is 8.09. The smallest absolute Gasteiger partial charge is 0.305 e. The van der Waals surface area contributed by atoms with Crippen LogP contribution >= 0.6 is 23.5 Å². The number of aliphatic carboxylic acids is 1. The minimum Gasteiger partial charge on any atom is -0.481 e. The van der Waals surface area contributed by atoms with E-state index in [1.807, 2.05) is 47.8 Å². The number of amides is 1. The van der Waals surface area contributed by atoms with E-state index in [1.54, 1.807) is 4.90 Å². The number of carbonyl (C=O) groups excluding carboxylic acids is 1. The summed E-state index contributed by atoms with van der Waals surface area (Å²) < 4.78 is 5.79. The second-order valence-electron chi connectivity index (χ2n) is 5.87. The molecule has 7 heteroatoms. The van der Waals surface area contributed by atoms with Gasteiger partial charge < -0.3 is 14.7 Å². The minimum absolute atomic E-state index is 0.0841. The number of hydrogen-bond donors (Lipinski definition) is 1. The van der Waals surface area contributed by atoms with Crippen LogP contribution in [0.4, 0.5) is 0 Å². The summed E-state index contributed by atoms with van der Waals surface area (Å²) in [5.74, 6) is 1.34. The van der Waals surface area contributed by atoms with Crippen molar-refractivity contribution >= 4 is 35.4 Å². The lowest BCUT2D eigenvalue weighted by molar-refractivity contribution is -0.139. The fraction of sp³-hybridized carbons (Fsp3) is 0.529. The maximum Gasteiger partial charge on any atom is 0.305 e. The van der Waals surface area contributed by atoms with Crippen molar-refractivity contribution in [1.29, 1.82) is 0 Å². The third-order valence-corrected chi connectivity index (χ3v) is 7.17. The molecule has 0 bridgehead atoms. The van der Waals surface area contributed by atoms with Gasteiger partial charge in [0, 0.05) is 12.1 Å². The molecule has 1 unspecified atom stereocenters. The number of morpholine rings is 1. The van der Waals surface area contributed by atoms with Crippen molar-refractivity contribution < 1.29 is 19.4 Å². The molecule has 1 atom stereocenters. The lowest BCUT2D eigenvalue weighted by Crippen LogP contribution is -2.49. The van der Waals surface area contributed by atoms with Crippen molar-refractivity contribution in [3.8, 4) is 0 Å². The van der Waals surface area contributed by atoms with Crippen LogP contribution in [0.25, 0.3) is 0 Å². The van der Waals surface area contributed by atoms with Gasteiger partial charge in [-0.05, 0) is 35.6 Å². The molecule has 1 aromatic rings. The van der Waals surface area contributed by atoms with E-state index in [0.717, 1.165) is 0 Å². The summed E-state index contributed by atoms with van der Waals surface area (Å²) >= 11 is 3.90. The van der Waals surface area contributed by atoms with E-state index < -0.39 is 12.0 Å². The predicted molar refractivity (Wildman–Crippen MR) is 96.6 cm³/mol. The van der Waals surface area contributed by atoms with Crippen LogP contribution < -0.4 is 0 Å². The van der Waals surface area contributed by atoms with Crippen LogP contribution in [-0.2, 0) is 9.53 Å². The van der Waals surface area contributed by atoms with Gasteiger partial charge in [0.2, 0.25) is 0 Å². The highest BCUT2D eigenvalue weighted by atomic mass is 32.2. The number of carbonyl (C=O) groups is 2. The molecule has 1 N–H and O–H groups in total. The molecule has 0 aromatic heterocycles. The van der Waals surface area contributed by atoms with Crippen LogP contribution in [0.1, 0.15) is 33.3 Å². The Kier molecular flexibility index (Phi) is 6.08. The SMILES string of the molecule is O=C(O)CC1COCCN1C(=O)c1ccc(C2SCCCS2)cc1. The van der Waals surface area contributed by atoms with Gasteiger partial charge in [0.05, 0.1) is 30.3 Å². The molecular weight excluding hydrogens is 346 g/mol. The Morgan fingerprint density at radius 3 is 2.58 bits per heavy atom. The van der Waals surface area contributed by atoms with E-state index in [-0.39, 0.29) is 18.9 Å². The molecule has 3 rings (SSSR count). The Labute approximate surface area is 150 Å². The first-order valence-corrected chi connectivity index (χ1v) is 10.2. The number of carboxylic acids is 1. The summed E-state index contributed by atoms with van der Waals surface area (Å²) in [7, 11) is 0. The van der Waals surface area contributed by atoms with Crippen molar-refractivity contribution in [2.45, 2.75) is 23.5 Å². The lowest BCUT2D eigenvalue weighted by atomic mass is 10.1. The van der Waals surface area contributed by atoms with E-state index in [2.05, 4.69) is 0 Å². The van der Waals surface area contributed by atoms with Gasteiger partial charge in [0.15, 0.2) is 0 Å². The van der Waals surface area contributed by atoms with E-state index >= 15 is 0 Å². The van der Waals surface area contributed by atoms with Crippen molar-refractivity contribution in [1.82, 2.24) is 4.90 Å². The first kappa shape index (κ1) is 17.6. The molecule has 2 saturated heterocycles. The zero-order chi connectivity index (χ0) is 16.9. The van der Waals surface area contributed by atoms with E-state index in [0.29, 0.717) is 23.3 Å². The van der Waals surface area contributed by atoms with Gasteiger partial charge in [-0.1, -0.05) is 12.1 Å². The summed E-state index contributed by atoms with van der Waals surface area (Å²) in [5.41, 5.74) is 1.85. The molecule has 0 aliphatic carbocycles. The molecule has 2 aliphatic rings. The standard InChI is InChI=1S/C17H21NO4S2/c19-15(20)10-14-11-22-7-6-18(14)16(21)12-2-4-13(5-3-12)17-23-8-1-9-24-17/h2-5,14,17H,1,6-11H2,(H,19,20). The molecule has 1 amide bonds. The Morgan fingerprint density at radius 1 is 1.21 bits per heavy atom. The molecule has 5 nitrogen and oxygen atoms in total. The number of nitrogens with zero attached hydrogens (tertiary/aromatic N) is 1. The third kappa shape index (κ3) is 4.26. The molecule has 0 saturated carbocycles. The fourth-order valence-electron chi connectivity index (χ4n) is 2.92. The molecule has 0 spiro atoms.